The van der Waals surface area contributed by atoms with Crippen molar-refractivity contribution in [3.63, 3.8) is 0 Å². The zero-order valence-electron chi connectivity index (χ0n) is 15.2. The van der Waals surface area contributed by atoms with Crippen molar-refractivity contribution in [2.45, 2.75) is 52.7 Å². The fourth-order valence-electron chi connectivity index (χ4n) is 2.54. The average molecular weight is 345 g/mol. The van der Waals surface area contributed by atoms with Crippen molar-refractivity contribution in [1.29, 1.82) is 0 Å². The fourth-order valence-corrected chi connectivity index (χ4v) is 2.54. The fraction of sp³-hybridized carbons (Fsp3) is 0.421. The summed E-state index contributed by atoms with van der Waals surface area (Å²) >= 11 is 0. The Hall–Kier alpha value is -2.63. The highest BCUT2D eigenvalue weighted by atomic mass is 16.6. The van der Waals surface area contributed by atoms with Gasteiger partial charge >= 0.3 is 12.1 Å². The summed E-state index contributed by atoms with van der Waals surface area (Å²) in [5.74, 6) is -0.764. The quantitative estimate of drug-likeness (QED) is 0.793. The lowest BCUT2D eigenvalue weighted by atomic mass is 10.0. The first-order valence-electron chi connectivity index (χ1n) is 8.08. The van der Waals surface area contributed by atoms with Gasteiger partial charge < -0.3 is 9.47 Å². The smallest absolute Gasteiger partial charge is 0.419 e. The van der Waals surface area contributed by atoms with Gasteiger partial charge in [-0.25, -0.2) is 4.79 Å². The van der Waals surface area contributed by atoms with Crippen LogP contribution in [0, 0.1) is 0 Å². The van der Waals surface area contributed by atoms with E-state index in [0.717, 1.165) is 10.9 Å². The number of fused-ring (bicyclic) bond motifs is 1. The van der Waals surface area contributed by atoms with Crippen molar-refractivity contribution >= 4 is 28.7 Å². The number of esters is 1. The molecule has 1 aromatic heterocycles. The van der Waals surface area contributed by atoms with Crippen LogP contribution in [-0.2, 0) is 25.5 Å². The largest absolute Gasteiger partial charge is 0.454 e. The summed E-state index contributed by atoms with van der Waals surface area (Å²) in [5, 5.41) is 0.812. The summed E-state index contributed by atoms with van der Waals surface area (Å²) in [7, 11) is 0. The van der Waals surface area contributed by atoms with Crippen molar-refractivity contribution < 1.29 is 23.9 Å². The van der Waals surface area contributed by atoms with E-state index in [4.69, 9.17) is 9.47 Å². The molecule has 0 aliphatic carbocycles. The van der Waals surface area contributed by atoms with Crippen molar-refractivity contribution in [3.8, 4) is 0 Å². The third kappa shape index (κ3) is 4.68. The normalized spacial score (nSPS) is 12.7. The second-order valence-electron chi connectivity index (χ2n) is 6.93. The molecule has 134 valence electrons. The van der Waals surface area contributed by atoms with E-state index in [9.17, 15) is 14.4 Å². The Bertz CT molecular complexity index is 813. The van der Waals surface area contributed by atoms with E-state index in [0.29, 0.717) is 5.52 Å². The molecule has 0 saturated heterocycles. The first kappa shape index (κ1) is 18.7. The van der Waals surface area contributed by atoms with Gasteiger partial charge in [-0.3, -0.25) is 14.2 Å². The minimum absolute atomic E-state index is 0.200. The van der Waals surface area contributed by atoms with Crippen LogP contribution in [0.5, 0.6) is 0 Å². The Morgan fingerprint density at radius 2 is 1.76 bits per heavy atom. The van der Waals surface area contributed by atoms with Crippen LogP contribution in [0.1, 0.15) is 40.2 Å². The number of carbonyl (C=O) groups is 3. The highest BCUT2D eigenvalue weighted by Crippen LogP contribution is 2.24. The van der Waals surface area contributed by atoms with E-state index in [1.54, 1.807) is 33.0 Å². The molecule has 6 heteroatoms. The van der Waals surface area contributed by atoms with Gasteiger partial charge in [-0.2, -0.15) is 0 Å². The molecule has 0 N–H and O–H groups in total. The molecule has 0 aliphatic heterocycles. The van der Waals surface area contributed by atoms with Gasteiger partial charge in [0.05, 0.1) is 5.52 Å². The zero-order chi connectivity index (χ0) is 18.8. The van der Waals surface area contributed by atoms with Gasteiger partial charge in [0.2, 0.25) is 0 Å². The van der Waals surface area contributed by atoms with Crippen LogP contribution >= 0.6 is 0 Å². The van der Waals surface area contributed by atoms with Crippen LogP contribution in [0.25, 0.3) is 10.9 Å². The number of benzene rings is 1. The number of aromatic nitrogens is 1. The summed E-state index contributed by atoms with van der Waals surface area (Å²) in [5.41, 5.74) is 0.794. The summed E-state index contributed by atoms with van der Waals surface area (Å²) in [4.78, 5) is 35.5. The van der Waals surface area contributed by atoms with Crippen molar-refractivity contribution in [2.75, 3.05) is 0 Å². The minimum Gasteiger partial charge on any atom is -0.454 e. The molecule has 0 fully saturated rings. The number of hydrogen-bond donors (Lipinski definition) is 0. The number of para-hydroxylation sites is 1. The summed E-state index contributed by atoms with van der Waals surface area (Å²) < 4.78 is 12.0. The van der Waals surface area contributed by atoms with E-state index in [1.807, 2.05) is 18.2 Å². The topological polar surface area (TPSA) is 74.6 Å². The third-order valence-corrected chi connectivity index (χ3v) is 3.55. The van der Waals surface area contributed by atoms with Gasteiger partial charge in [-0.15, -0.1) is 0 Å². The molecule has 2 aromatic rings. The Labute approximate surface area is 146 Å². The highest BCUT2D eigenvalue weighted by Gasteiger charge is 2.24. The summed E-state index contributed by atoms with van der Waals surface area (Å²) in [6.45, 7) is 8.03. The molecule has 1 unspecified atom stereocenters. The third-order valence-electron chi connectivity index (χ3n) is 3.55. The molecular formula is C19H23NO5. The summed E-state index contributed by atoms with van der Waals surface area (Å²) in [6.07, 6.45) is 0.459. The molecule has 0 bridgehead atoms. The van der Waals surface area contributed by atoms with Gasteiger partial charge in [-0.1, -0.05) is 18.2 Å². The van der Waals surface area contributed by atoms with Gasteiger partial charge in [-0.05, 0) is 39.3 Å². The number of carbonyl (C=O) groups excluding carboxylic acids is 3. The van der Waals surface area contributed by atoms with Crippen molar-refractivity contribution in [1.82, 2.24) is 4.57 Å². The number of rotatable bonds is 4. The van der Waals surface area contributed by atoms with Gasteiger partial charge in [0.25, 0.3) is 0 Å². The Balaban J connectivity index is 2.43. The minimum atomic E-state index is -0.879. The lowest BCUT2D eigenvalue weighted by Crippen LogP contribution is -2.27. The second kappa shape index (κ2) is 7.09. The van der Waals surface area contributed by atoms with E-state index in [2.05, 4.69) is 0 Å². The predicted octanol–water partition coefficient (Wildman–Crippen LogP) is 3.49. The zero-order valence-corrected chi connectivity index (χ0v) is 15.2. The maximum absolute atomic E-state index is 12.5. The maximum Gasteiger partial charge on any atom is 0.419 e. The lowest BCUT2D eigenvalue weighted by Gasteiger charge is -2.19. The Morgan fingerprint density at radius 1 is 1.12 bits per heavy atom. The molecule has 1 aromatic carbocycles. The van der Waals surface area contributed by atoms with Crippen LogP contribution < -0.4 is 0 Å². The second-order valence-corrected chi connectivity index (χ2v) is 6.93. The SMILES string of the molecule is CC(=O)OC(Cc1cn(C(=O)OC(C)(C)C)c2ccccc12)C(C)=O. The first-order valence-corrected chi connectivity index (χ1v) is 8.08. The lowest BCUT2D eigenvalue weighted by molar-refractivity contribution is -0.152. The molecule has 0 saturated carbocycles. The molecule has 1 atom stereocenters. The van der Waals surface area contributed by atoms with Crippen LogP contribution in [0.4, 0.5) is 4.79 Å². The number of ketones is 1. The van der Waals surface area contributed by atoms with Crippen LogP contribution in [-0.4, -0.2) is 34.1 Å². The van der Waals surface area contributed by atoms with Crippen LogP contribution in [0.3, 0.4) is 0 Å². The van der Waals surface area contributed by atoms with E-state index in [-0.39, 0.29) is 12.2 Å². The average Bonchev–Trinajstić information content (AvgIpc) is 2.83. The predicted molar refractivity (Wildman–Crippen MR) is 93.5 cm³/mol. The molecule has 0 radical (unpaired) electrons. The molecule has 0 spiro atoms. The molecule has 0 aliphatic rings. The Morgan fingerprint density at radius 3 is 2.32 bits per heavy atom. The molecule has 25 heavy (non-hydrogen) atoms. The maximum atomic E-state index is 12.5. The van der Waals surface area contributed by atoms with E-state index in [1.165, 1.54) is 18.4 Å². The van der Waals surface area contributed by atoms with E-state index >= 15 is 0 Å². The molecule has 6 nitrogen and oxygen atoms in total. The molecule has 1 heterocycles. The molecular weight excluding hydrogens is 322 g/mol. The Kier molecular flexibility index (Phi) is 5.30. The van der Waals surface area contributed by atoms with Crippen LogP contribution in [0.15, 0.2) is 30.5 Å². The van der Waals surface area contributed by atoms with Crippen molar-refractivity contribution in [2.24, 2.45) is 0 Å². The number of ether oxygens (including phenoxy) is 2. The standard InChI is InChI=1S/C19H23NO5/c1-12(21)17(24-13(2)22)10-14-11-20(18(23)25-19(3,4)5)16-9-7-6-8-15(14)16/h6-9,11,17H,10H2,1-5H3. The molecule has 2 rings (SSSR count). The first-order chi connectivity index (χ1) is 11.6. The number of Topliss-reactive ketones (excluding diaryl/α,β-unsaturated/α-hetero) is 1. The molecule has 0 amide bonds. The van der Waals surface area contributed by atoms with Crippen molar-refractivity contribution in [3.05, 3.63) is 36.0 Å². The number of hydrogen-bond acceptors (Lipinski definition) is 5. The monoisotopic (exact) mass is 345 g/mol. The van der Waals surface area contributed by atoms with Crippen LogP contribution in [0.2, 0.25) is 0 Å². The highest BCUT2D eigenvalue weighted by molar-refractivity contribution is 5.93. The van der Waals surface area contributed by atoms with Gasteiger partial charge in [0.15, 0.2) is 11.9 Å². The van der Waals surface area contributed by atoms with E-state index < -0.39 is 23.8 Å². The number of nitrogens with zero attached hydrogens (tertiary/aromatic N) is 1. The summed E-state index contributed by atoms with van der Waals surface area (Å²) in [6, 6.07) is 7.33. The van der Waals surface area contributed by atoms with Gasteiger partial charge in [0.1, 0.15) is 5.60 Å². The van der Waals surface area contributed by atoms with Gasteiger partial charge in [0, 0.05) is 24.9 Å².